The van der Waals surface area contributed by atoms with Crippen LogP contribution in [0.4, 0.5) is 0 Å². The second-order valence-corrected chi connectivity index (χ2v) is 4.66. The van der Waals surface area contributed by atoms with E-state index >= 15 is 0 Å². The fraction of sp³-hybridized carbons (Fsp3) is 0.357. The highest BCUT2D eigenvalue weighted by Crippen LogP contribution is 2.20. The van der Waals surface area contributed by atoms with Gasteiger partial charge in [-0.3, -0.25) is 4.79 Å². The molecule has 0 radical (unpaired) electrons. The Bertz CT molecular complexity index is 569. The summed E-state index contributed by atoms with van der Waals surface area (Å²) in [5.74, 6) is 0.330. The first-order valence-corrected chi connectivity index (χ1v) is 5.78. The molecule has 90 valence electrons. The van der Waals surface area contributed by atoms with Crippen molar-refractivity contribution in [2.75, 3.05) is 0 Å². The van der Waals surface area contributed by atoms with Gasteiger partial charge in [0, 0.05) is 0 Å². The van der Waals surface area contributed by atoms with Gasteiger partial charge in [-0.2, -0.15) is 0 Å². The molecule has 0 saturated heterocycles. The van der Waals surface area contributed by atoms with Crippen LogP contribution in [0.2, 0.25) is 0 Å². The van der Waals surface area contributed by atoms with Crippen molar-refractivity contribution in [3.8, 4) is 0 Å². The number of hydrogen-bond acceptors (Lipinski definition) is 3. The van der Waals surface area contributed by atoms with Crippen molar-refractivity contribution in [2.24, 2.45) is 5.92 Å². The van der Waals surface area contributed by atoms with Crippen LogP contribution in [-0.2, 0) is 0 Å². The second-order valence-electron chi connectivity index (χ2n) is 4.66. The SMILES string of the molecule is CC(C)CC(O)c1coc2ccccc2c1=O. The zero-order valence-electron chi connectivity index (χ0n) is 10.0. The molecule has 17 heavy (non-hydrogen) atoms. The number of para-hydroxylation sites is 1. The van der Waals surface area contributed by atoms with E-state index in [2.05, 4.69) is 0 Å². The van der Waals surface area contributed by atoms with Crippen molar-refractivity contribution >= 4 is 11.0 Å². The van der Waals surface area contributed by atoms with Crippen LogP contribution in [0, 0.1) is 5.92 Å². The van der Waals surface area contributed by atoms with Crippen LogP contribution in [-0.4, -0.2) is 5.11 Å². The zero-order chi connectivity index (χ0) is 12.4. The van der Waals surface area contributed by atoms with Gasteiger partial charge in [0.05, 0.1) is 17.1 Å². The Morgan fingerprint density at radius 2 is 2.00 bits per heavy atom. The summed E-state index contributed by atoms with van der Waals surface area (Å²) in [6.45, 7) is 4.01. The van der Waals surface area contributed by atoms with Crippen LogP contribution in [0.3, 0.4) is 0 Å². The maximum atomic E-state index is 12.1. The van der Waals surface area contributed by atoms with Crippen LogP contribution in [0.5, 0.6) is 0 Å². The topological polar surface area (TPSA) is 50.4 Å². The van der Waals surface area contributed by atoms with Crippen LogP contribution < -0.4 is 5.43 Å². The Morgan fingerprint density at radius 1 is 1.29 bits per heavy atom. The van der Waals surface area contributed by atoms with E-state index in [9.17, 15) is 9.90 Å². The molecular formula is C14H16O3. The molecule has 0 fully saturated rings. The molecule has 1 N–H and O–H groups in total. The average Bonchev–Trinajstić information content (AvgIpc) is 2.28. The number of aliphatic hydroxyl groups is 1. The summed E-state index contributed by atoms with van der Waals surface area (Å²) in [5, 5.41) is 10.5. The molecule has 0 spiro atoms. The van der Waals surface area contributed by atoms with E-state index < -0.39 is 6.10 Å². The molecule has 3 heteroatoms. The zero-order valence-corrected chi connectivity index (χ0v) is 10.0. The van der Waals surface area contributed by atoms with Crippen molar-refractivity contribution in [3.63, 3.8) is 0 Å². The molecule has 1 heterocycles. The van der Waals surface area contributed by atoms with Gasteiger partial charge >= 0.3 is 0 Å². The number of rotatable bonds is 3. The summed E-state index contributed by atoms with van der Waals surface area (Å²) in [5.41, 5.74) is 0.760. The fourth-order valence-electron chi connectivity index (χ4n) is 1.90. The van der Waals surface area contributed by atoms with Gasteiger partial charge in [-0.1, -0.05) is 26.0 Å². The Kier molecular flexibility index (Phi) is 3.29. The highest BCUT2D eigenvalue weighted by Gasteiger charge is 2.15. The molecule has 0 saturated carbocycles. The first-order chi connectivity index (χ1) is 8.09. The van der Waals surface area contributed by atoms with Crippen LogP contribution in [0.1, 0.15) is 31.9 Å². The lowest BCUT2D eigenvalue weighted by atomic mass is 10.00. The average molecular weight is 232 g/mol. The molecule has 2 rings (SSSR count). The molecule has 0 aliphatic carbocycles. The third-order valence-electron chi connectivity index (χ3n) is 2.76. The maximum Gasteiger partial charge on any atom is 0.198 e. The third kappa shape index (κ3) is 2.39. The fourth-order valence-corrected chi connectivity index (χ4v) is 1.90. The van der Waals surface area contributed by atoms with E-state index in [0.717, 1.165) is 0 Å². The van der Waals surface area contributed by atoms with Crippen LogP contribution >= 0.6 is 0 Å². The Morgan fingerprint density at radius 3 is 2.71 bits per heavy atom. The minimum Gasteiger partial charge on any atom is -0.464 e. The third-order valence-corrected chi connectivity index (χ3v) is 2.76. The number of aliphatic hydroxyl groups excluding tert-OH is 1. The normalized spacial score (nSPS) is 13.2. The van der Waals surface area contributed by atoms with Gasteiger partial charge in [-0.25, -0.2) is 0 Å². The van der Waals surface area contributed by atoms with Gasteiger partial charge in [-0.15, -0.1) is 0 Å². The van der Waals surface area contributed by atoms with E-state index in [4.69, 9.17) is 4.42 Å². The van der Waals surface area contributed by atoms with Crippen molar-refractivity contribution < 1.29 is 9.52 Å². The molecule has 1 unspecified atom stereocenters. The standard InChI is InChI=1S/C14H16O3/c1-9(2)7-12(15)11-8-17-13-6-4-3-5-10(13)14(11)16/h3-6,8-9,12,15H,7H2,1-2H3. The predicted molar refractivity (Wildman–Crippen MR) is 66.9 cm³/mol. The lowest BCUT2D eigenvalue weighted by Gasteiger charge is -2.12. The molecule has 1 atom stereocenters. The lowest BCUT2D eigenvalue weighted by molar-refractivity contribution is 0.148. The molecule has 0 aliphatic heterocycles. The van der Waals surface area contributed by atoms with Crippen LogP contribution in [0.15, 0.2) is 39.7 Å². The first kappa shape index (κ1) is 11.9. The largest absolute Gasteiger partial charge is 0.464 e. The van der Waals surface area contributed by atoms with Gasteiger partial charge in [0.2, 0.25) is 0 Å². The van der Waals surface area contributed by atoms with Crippen molar-refractivity contribution in [2.45, 2.75) is 26.4 Å². The first-order valence-electron chi connectivity index (χ1n) is 5.78. The summed E-state index contributed by atoms with van der Waals surface area (Å²) in [6.07, 6.45) is 1.18. The summed E-state index contributed by atoms with van der Waals surface area (Å²) in [6, 6.07) is 7.06. The van der Waals surface area contributed by atoms with Crippen molar-refractivity contribution in [1.29, 1.82) is 0 Å². The Labute approximate surface area is 99.7 Å². The monoisotopic (exact) mass is 232 g/mol. The summed E-state index contributed by atoms with van der Waals surface area (Å²) in [4.78, 5) is 12.1. The molecular weight excluding hydrogens is 216 g/mol. The molecule has 0 bridgehead atoms. The molecule has 0 aliphatic rings. The van der Waals surface area contributed by atoms with Crippen LogP contribution in [0.25, 0.3) is 11.0 Å². The molecule has 3 nitrogen and oxygen atoms in total. The molecule has 2 aromatic rings. The molecule has 0 amide bonds. The van der Waals surface area contributed by atoms with Crippen molar-refractivity contribution in [1.82, 2.24) is 0 Å². The van der Waals surface area contributed by atoms with Crippen molar-refractivity contribution in [3.05, 3.63) is 46.3 Å². The minimum absolute atomic E-state index is 0.139. The predicted octanol–water partition coefficient (Wildman–Crippen LogP) is 2.87. The van der Waals surface area contributed by atoms with E-state index in [-0.39, 0.29) is 5.43 Å². The Hall–Kier alpha value is -1.61. The van der Waals surface area contributed by atoms with Gasteiger partial charge in [0.15, 0.2) is 5.43 Å². The minimum atomic E-state index is -0.754. The highest BCUT2D eigenvalue weighted by atomic mass is 16.3. The van der Waals surface area contributed by atoms with Gasteiger partial charge in [0.1, 0.15) is 11.8 Å². The molecule has 1 aromatic heterocycles. The van der Waals surface area contributed by atoms with Gasteiger partial charge in [0.25, 0.3) is 0 Å². The number of benzene rings is 1. The lowest BCUT2D eigenvalue weighted by Crippen LogP contribution is -2.14. The van der Waals surface area contributed by atoms with E-state index in [1.165, 1.54) is 6.26 Å². The van der Waals surface area contributed by atoms with Gasteiger partial charge < -0.3 is 9.52 Å². The smallest absolute Gasteiger partial charge is 0.198 e. The second kappa shape index (κ2) is 4.72. The number of hydrogen-bond donors (Lipinski definition) is 1. The molecule has 1 aromatic carbocycles. The summed E-state index contributed by atoms with van der Waals surface area (Å²) >= 11 is 0. The summed E-state index contributed by atoms with van der Waals surface area (Å²) < 4.78 is 5.37. The van der Waals surface area contributed by atoms with E-state index in [1.807, 2.05) is 19.9 Å². The quantitative estimate of drug-likeness (QED) is 0.885. The van der Waals surface area contributed by atoms with E-state index in [0.29, 0.717) is 28.9 Å². The number of fused-ring (bicyclic) bond motifs is 1. The summed E-state index contributed by atoms with van der Waals surface area (Å²) in [7, 11) is 0. The van der Waals surface area contributed by atoms with E-state index in [1.54, 1.807) is 18.2 Å². The van der Waals surface area contributed by atoms with Gasteiger partial charge in [-0.05, 0) is 24.5 Å². The Balaban J connectivity index is 2.49. The highest BCUT2D eigenvalue weighted by molar-refractivity contribution is 5.76. The maximum absolute atomic E-state index is 12.1.